The van der Waals surface area contributed by atoms with Crippen LogP contribution in [0.15, 0.2) is 224 Å². The summed E-state index contributed by atoms with van der Waals surface area (Å²) >= 11 is 0. The van der Waals surface area contributed by atoms with Crippen molar-refractivity contribution in [1.82, 2.24) is 0 Å². The Morgan fingerprint density at radius 2 is 0.623 bits per heavy atom. The van der Waals surface area contributed by atoms with E-state index in [4.69, 9.17) is 0 Å². The summed E-state index contributed by atoms with van der Waals surface area (Å²) < 4.78 is 0. The molecule has 9 rings (SSSR count). The molecule has 1 heteroatoms. The maximum absolute atomic E-state index is 2.33. The average Bonchev–Trinajstić information content (AvgIpc) is 3.25. The van der Waals surface area contributed by atoms with Crippen molar-refractivity contribution < 1.29 is 0 Å². The molecule has 0 aromatic heterocycles. The van der Waals surface area contributed by atoms with Crippen LogP contribution in [0.5, 0.6) is 0 Å². The van der Waals surface area contributed by atoms with E-state index in [0.717, 1.165) is 17.1 Å². The number of para-hydroxylation sites is 1. The van der Waals surface area contributed by atoms with Gasteiger partial charge in [0.25, 0.3) is 0 Å². The fraction of sp³-hybridized carbons (Fsp3) is 0. The molecule has 1 nitrogen and oxygen atoms in total. The Morgan fingerprint density at radius 1 is 0.208 bits per heavy atom. The van der Waals surface area contributed by atoms with Crippen LogP contribution in [0, 0.1) is 0 Å². The van der Waals surface area contributed by atoms with Gasteiger partial charge >= 0.3 is 0 Å². The number of benzene rings is 9. The Balaban J connectivity index is 1.03. The van der Waals surface area contributed by atoms with Crippen molar-refractivity contribution in [2.75, 3.05) is 4.90 Å². The van der Waals surface area contributed by atoms with E-state index >= 15 is 0 Å². The van der Waals surface area contributed by atoms with Crippen molar-refractivity contribution in [2.24, 2.45) is 0 Å². The normalized spacial score (nSPS) is 11.0. The quantitative estimate of drug-likeness (QED) is 0.155. The highest BCUT2D eigenvalue weighted by Crippen LogP contribution is 2.39. The second kappa shape index (κ2) is 14.3. The maximum Gasteiger partial charge on any atom is 0.0462 e. The molecule has 0 atom stereocenters. The molecule has 0 saturated heterocycles. The summed E-state index contributed by atoms with van der Waals surface area (Å²) in [4.78, 5) is 2.33. The molecule has 0 amide bonds. The number of rotatable bonds is 8. The molecule has 9 aromatic rings. The molecule has 250 valence electrons. The smallest absolute Gasteiger partial charge is 0.0462 e. The first-order valence-electron chi connectivity index (χ1n) is 18.2. The third-order valence-electron chi connectivity index (χ3n) is 10.1. The standard InChI is InChI=1S/C52H37N/c1-4-14-41(15-5-1)51-34-29-47(37-52(51)42-16-6-2-7-17-42)40-27-32-50(33-28-40)53(48-21-8-3-9-22-48)49-30-25-39(26-31-49)44-19-12-20-45(35-44)46-24-23-38-13-10-11-18-43(38)36-46/h1-37H. The molecule has 0 fully saturated rings. The van der Waals surface area contributed by atoms with Gasteiger partial charge in [-0.1, -0.05) is 170 Å². The Labute approximate surface area is 311 Å². The van der Waals surface area contributed by atoms with Crippen LogP contribution >= 0.6 is 0 Å². The number of hydrogen-bond donors (Lipinski definition) is 0. The fourth-order valence-corrected chi connectivity index (χ4v) is 7.33. The van der Waals surface area contributed by atoms with Crippen LogP contribution in [0.4, 0.5) is 17.1 Å². The Bertz CT molecular complexity index is 2630. The number of anilines is 3. The van der Waals surface area contributed by atoms with E-state index < -0.39 is 0 Å². The molecule has 9 aromatic carbocycles. The first-order chi connectivity index (χ1) is 26.3. The molecule has 0 aliphatic rings. The first kappa shape index (κ1) is 32.0. The van der Waals surface area contributed by atoms with Gasteiger partial charge in [-0.05, 0) is 121 Å². The monoisotopic (exact) mass is 675 g/mol. The van der Waals surface area contributed by atoms with Gasteiger partial charge in [0, 0.05) is 17.1 Å². The van der Waals surface area contributed by atoms with Crippen molar-refractivity contribution in [1.29, 1.82) is 0 Å². The van der Waals surface area contributed by atoms with Gasteiger partial charge in [-0.15, -0.1) is 0 Å². The second-order valence-corrected chi connectivity index (χ2v) is 13.4. The van der Waals surface area contributed by atoms with E-state index in [1.807, 2.05) is 0 Å². The van der Waals surface area contributed by atoms with Gasteiger partial charge in [-0.3, -0.25) is 0 Å². The molecule has 0 spiro atoms. The minimum absolute atomic E-state index is 1.11. The molecule has 0 aliphatic carbocycles. The molecule has 0 N–H and O–H groups in total. The zero-order valence-electron chi connectivity index (χ0n) is 29.3. The van der Waals surface area contributed by atoms with Crippen molar-refractivity contribution in [3.8, 4) is 55.6 Å². The summed E-state index contributed by atoms with van der Waals surface area (Å²) in [6.45, 7) is 0. The molecule has 0 bridgehead atoms. The summed E-state index contributed by atoms with van der Waals surface area (Å²) in [6.07, 6.45) is 0. The fourth-order valence-electron chi connectivity index (χ4n) is 7.33. The molecule has 0 unspecified atom stereocenters. The van der Waals surface area contributed by atoms with Crippen LogP contribution in [0.2, 0.25) is 0 Å². The van der Waals surface area contributed by atoms with Crippen molar-refractivity contribution in [3.05, 3.63) is 224 Å². The molecule has 53 heavy (non-hydrogen) atoms. The lowest BCUT2D eigenvalue weighted by Gasteiger charge is -2.26. The Kier molecular flexibility index (Phi) is 8.66. The van der Waals surface area contributed by atoms with Crippen molar-refractivity contribution in [3.63, 3.8) is 0 Å². The third kappa shape index (κ3) is 6.65. The van der Waals surface area contributed by atoms with Gasteiger partial charge in [0.1, 0.15) is 0 Å². The highest BCUT2D eigenvalue weighted by molar-refractivity contribution is 5.89. The van der Waals surface area contributed by atoms with E-state index in [-0.39, 0.29) is 0 Å². The summed E-state index contributed by atoms with van der Waals surface area (Å²) in [5, 5.41) is 2.52. The maximum atomic E-state index is 2.33. The zero-order chi connectivity index (χ0) is 35.4. The number of nitrogens with zero attached hydrogens (tertiary/aromatic N) is 1. The SMILES string of the molecule is c1ccc(-c2ccc(-c3ccc(N(c4ccccc4)c4ccc(-c5cccc(-c6ccc7ccccc7c6)c5)cc4)cc3)cc2-c2ccccc2)cc1. The number of hydrogen-bond acceptors (Lipinski definition) is 1. The van der Waals surface area contributed by atoms with Gasteiger partial charge in [-0.25, -0.2) is 0 Å². The predicted octanol–water partition coefficient (Wildman–Crippen LogP) is 14.6. The van der Waals surface area contributed by atoms with Gasteiger partial charge in [0.15, 0.2) is 0 Å². The van der Waals surface area contributed by atoms with Crippen LogP contribution in [-0.2, 0) is 0 Å². The summed E-state index contributed by atoms with van der Waals surface area (Å²) in [5.74, 6) is 0. The third-order valence-corrected chi connectivity index (χ3v) is 10.1. The van der Waals surface area contributed by atoms with E-state index in [9.17, 15) is 0 Å². The Morgan fingerprint density at radius 3 is 1.25 bits per heavy atom. The largest absolute Gasteiger partial charge is 0.311 e. The highest BCUT2D eigenvalue weighted by atomic mass is 15.1. The summed E-state index contributed by atoms with van der Waals surface area (Å²) in [7, 11) is 0. The number of fused-ring (bicyclic) bond motifs is 1. The van der Waals surface area contributed by atoms with Gasteiger partial charge in [0.05, 0.1) is 0 Å². The Hall–Kier alpha value is -6.96. The second-order valence-electron chi connectivity index (χ2n) is 13.4. The summed E-state index contributed by atoms with van der Waals surface area (Å²) in [5.41, 5.74) is 15.4. The van der Waals surface area contributed by atoms with Crippen LogP contribution < -0.4 is 4.90 Å². The van der Waals surface area contributed by atoms with Crippen LogP contribution in [0.1, 0.15) is 0 Å². The minimum atomic E-state index is 1.11. The molecular weight excluding hydrogens is 639 g/mol. The van der Waals surface area contributed by atoms with E-state index in [1.54, 1.807) is 0 Å². The highest BCUT2D eigenvalue weighted by Gasteiger charge is 2.15. The van der Waals surface area contributed by atoms with Gasteiger partial charge < -0.3 is 4.90 Å². The van der Waals surface area contributed by atoms with Crippen molar-refractivity contribution >= 4 is 27.8 Å². The predicted molar refractivity (Wildman–Crippen MR) is 226 cm³/mol. The lowest BCUT2D eigenvalue weighted by molar-refractivity contribution is 1.28. The van der Waals surface area contributed by atoms with Gasteiger partial charge in [-0.2, -0.15) is 0 Å². The topological polar surface area (TPSA) is 3.24 Å². The zero-order valence-corrected chi connectivity index (χ0v) is 29.3. The lowest BCUT2D eigenvalue weighted by atomic mass is 9.91. The van der Waals surface area contributed by atoms with Gasteiger partial charge in [0.2, 0.25) is 0 Å². The molecule has 0 aliphatic heterocycles. The lowest BCUT2D eigenvalue weighted by Crippen LogP contribution is -2.09. The van der Waals surface area contributed by atoms with Crippen LogP contribution in [-0.4, -0.2) is 0 Å². The average molecular weight is 676 g/mol. The summed E-state index contributed by atoms with van der Waals surface area (Å²) in [6, 6.07) is 80.7. The van der Waals surface area contributed by atoms with Crippen LogP contribution in [0.25, 0.3) is 66.4 Å². The minimum Gasteiger partial charge on any atom is -0.311 e. The molecule has 0 radical (unpaired) electrons. The van der Waals surface area contributed by atoms with Crippen LogP contribution in [0.3, 0.4) is 0 Å². The molecular formula is C52H37N. The molecule has 0 saturated carbocycles. The first-order valence-corrected chi connectivity index (χ1v) is 18.2. The van der Waals surface area contributed by atoms with E-state index in [2.05, 4.69) is 229 Å². The van der Waals surface area contributed by atoms with E-state index in [0.29, 0.717) is 0 Å². The molecule has 0 heterocycles. The van der Waals surface area contributed by atoms with Crippen molar-refractivity contribution in [2.45, 2.75) is 0 Å². The van der Waals surface area contributed by atoms with E-state index in [1.165, 1.54) is 66.4 Å².